The molecule has 0 bridgehead atoms. The Morgan fingerprint density at radius 2 is 1.93 bits per heavy atom. The predicted octanol–water partition coefficient (Wildman–Crippen LogP) is 3.34. The Morgan fingerprint density at radius 1 is 1.36 bits per heavy atom. The van der Waals surface area contributed by atoms with Gasteiger partial charge in [-0.3, -0.25) is 0 Å². The Balaban J connectivity index is 3.45. The van der Waals surface area contributed by atoms with Gasteiger partial charge in [0.15, 0.2) is 0 Å². The molecular weight excluding hydrogens is 200 g/mol. The topological polar surface area (TPSA) is 37.3 Å². The molecule has 0 fully saturated rings. The van der Waals surface area contributed by atoms with E-state index in [9.17, 15) is 4.79 Å². The average molecular weight is 213 g/mol. The van der Waals surface area contributed by atoms with Gasteiger partial charge in [0.1, 0.15) is 0 Å². The Hall–Kier alpha value is -1.02. The molecule has 0 unspecified atom stereocenters. The summed E-state index contributed by atoms with van der Waals surface area (Å²) < 4.78 is 0. The molecule has 1 rings (SSSR count). The van der Waals surface area contributed by atoms with E-state index in [-0.39, 0.29) is 11.0 Å². The standard InChI is InChI=1S/C11H13ClO2/c1-11(2,3)9-7(10(13)14)5-4-6-8(9)12/h4-6H,1-3H3,(H,13,14). The van der Waals surface area contributed by atoms with Crippen LogP contribution in [-0.4, -0.2) is 11.1 Å². The first-order valence-electron chi connectivity index (χ1n) is 4.36. The van der Waals surface area contributed by atoms with Crippen LogP contribution in [0, 0.1) is 0 Å². The first-order valence-corrected chi connectivity index (χ1v) is 4.74. The summed E-state index contributed by atoms with van der Waals surface area (Å²) in [6.07, 6.45) is 0. The zero-order valence-electron chi connectivity index (χ0n) is 8.47. The molecule has 0 aromatic heterocycles. The third kappa shape index (κ3) is 2.07. The van der Waals surface area contributed by atoms with E-state index in [4.69, 9.17) is 16.7 Å². The summed E-state index contributed by atoms with van der Waals surface area (Å²) in [5.74, 6) is -0.933. The number of carboxylic acid groups (broad SMARTS) is 1. The van der Waals surface area contributed by atoms with Crippen LogP contribution in [-0.2, 0) is 5.41 Å². The monoisotopic (exact) mass is 212 g/mol. The maximum Gasteiger partial charge on any atom is 0.336 e. The van der Waals surface area contributed by atoms with Crippen molar-refractivity contribution in [2.45, 2.75) is 26.2 Å². The number of halogens is 1. The fraction of sp³-hybridized carbons (Fsp3) is 0.364. The number of carbonyl (C=O) groups is 1. The van der Waals surface area contributed by atoms with Gasteiger partial charge in [-0.1, -0.05) is 38.4 Å². The van der Waals surface area contributed by atoms with Gasteiger partial charge < -0.3 is 5.11 Å². The van der Waals surface area contributed by atoms with Crippen molar-refractivity contribution in [2.75, 3.05) is 0 Å². The predicted molar refractivity (Wildman–Crippen MR) is 57.1 cm³/mol. The molecule has 0 heterocycles. The first-order chi connectivity index (χ1) is 6.34. The Morgan fingerprint density at radius 3 is 2.29 bits per heavy atom. The van der Waals surface area contributed by atoms with Gasteiger partial charge in [0.2, 0.25) is 0 Å². The van der Waals surface area contributed by atoms with E-state index in [1.54, 1.807) is 18.2 Å². The molecule has 0 atom stereocenters. The van der Waals surface area contributed by atoms with E-state index in [1.165, 1.54) is 0 Å². The molecule has 0 aliphatic heterocycles. The quantitative estimate of drug-likeness (QED) is 0.775. The molecule has 0 saturated heterocycles. The van der Waals surface area contributed by atoms with Crippen molar-refractivity contribution in [3.63, 3.8) is 0 Å². The van der Waals surface area contributed by atoms with Crippen LogP contribution in [0.4, 0.5) is 0 Å². The lowest BCUT2D eigenvalue weighted by Gasteiger charge is -2.22. The van der Waals surface area contributed by atoms with Gasteiger partial charge in [0, 0.05) is 5.02 Å². The molecule has 0 spiro atoms. The van der Waals surface area contributed by atoms with Crippen LogP contribution in [0.3, 0.4) is 0 Å². The van der Waals surface area contributed by atoms with Crippen molar-refractivity contribution in [2.24, 2.45) is 0 Å². The van der Waals surface area contributed by atoms with Gasteiger partial charge >= 0.3 is 5.97 Å². The second-order valence-electron chi connectivity index (χ2n) is 4.22. The van der Waals surface area contributed by atoms with Gasteiger partial charge in [-0.2, -0.15) is 0 Å². The molecule has 76 valence electrons. The summed E-state index contributed by atoms with van der Waals surface area (Å²) >= 11 is 5.99. The lowest BCUT2D eigenvalue weighted by Crippen LogP contribution is -2.17. The van der Waals surface area contributed by atoms with Crippen molar-refractivity contribution in [1.29, 1.82) is 0 Å². The summed E-state index contributed by atoms with van der Waals surface area (Å²) in [4.78, 5) is 11.0. The van der Waals surface area contributed by atoms with Crippen molar-refractivity contribution in [3.05, 3.63) is 34.3 Å². The number of benzene rings is 1. The number of aromatic carboxylic acids is 1. The number of rotatable bonds is 1. The molecule has 2 nitrogen and oxygen atoms in total. The van der Waals surface area contributed by atoms with Crippen LogP contribution in [0.2, 0.25) is 5.02 Å². The maximum absolute atomic E-state index is 11.0. The Labute approximate surface area is 88.5 Å². The van der Waals surface area contributed by atoms with E-state index >= 15 is 0 Å². The average Bonchev–Trinajstić information content (AvgIpc) is 2.01. The molecule has 0 aliphatic carbocycles. The highest BCUT2D eigenvalue weighted by Crippen LogP contribution is 2.32. The minimum absolute atomic E-state index is 0.258. The maximum atomic E-state index is 11.0. The molecule has 0 saturated carbocycles. The van der Waals surface area contributed by atoms with Crippen LogP contribution in [0.1, 0.15) is 36.7 Å². The van der Waals surface area contributed by atoms with Crippen LogP contribution in [0.5, 0.6) is 0 Å². The van der Waals surface area contributed by atoms with E-state index in [1.807, 2.05) is 20.8 Å². The number of hydrogen-bond donors (Lipinski definition) is 1. The minimum atomic E-state index is -0.933. The zero-order valence-corrected chi connectivity index (χ0v) is 9.22. The molecule has 0 amide bonds. The summed E-state index contributed by atoms with van der Waals surface area (Å²) in [5, 5.41) is 9.51. The van der Waals surface area contributed by atoms with Gasteiger partial charge in [0.05, 0.1) is 5.56 Å². The fourth-order valence-corrected chi connectivity index (χ4v) is 1.92. The van der Waals surface area contributed by atoms with Crippen LogP contribution >= 0.6 is 11.6 Å². The largest absolute Gasteiger partial charge is 0.478 e. The second kappa shape index (κ2) is 3.62. The van der Waals surface area contributed by atoms with Crippen molar-refractivity contribution < 1.29 is 9.90 Å². The zero-order chi connectivity index (χ0) is 10.9. The summed E-state index contributed by atoms with van der Waals surface area (Å²) in [6.45, 7) is 5.84. The second-order valence-corrected chi connectivity index (χ2v) is 4.62. The SMILES string of the molecule is CC(C)(C)c1c(Cl)cccc1C(=O)O. The molecule has 0 radical (unpaired) electrons. The highest BCUT2D eigenvalue weighted by Gasteiger charge is 2.23. The van der Waals surface area contributed by atoms with Gasteiger partial charge in [-0.15, -0.1) is 0 Å². The van der Waals surface area contributed by atoms with Gasteiger partial charge in [-0.25, -0.2) is 4.79 Å². The van der Waals surface area contributed by atoms with E-state index in [2.05, 4.69) is 0 Å². The van der Waals surface area contributed by atoms with E-state index in [0.29, 0.717) is 10.6 Å². The smallest absolute Gasteiger partial charge is 0.336 e. The normalized spacial score (nSPS) is 11.4. The summed E-state index contributed by atoms with van der Waals surface area (Å²) in [5.41, 5.74) is 0.714. The molecule has 0 aliphatic rings. The first kappa shape index (κ1) is 11.1. The molecule has 1 aromatic rings. The third-order valence-corrected chi connectivity index (χ3v) is 2.31. The minimum Gasteiger partial charge on any atom is -0.478 e. The Kier molecular flexibility index (Phi) is 2.86. The van der Waals surface area contributed by atoms with Crippen molar-refractivity contribution in [1.82, 2.24) is 0 Å². The van der Waals surface area contributed by atoms with Crippen LogP contribution < -0.4 is 0 Å². The summed E-state index contributed by atoms with van der Waals surface area (Å²) in [6, 6.07) is 4.95. The molecule has 3 heteroatoms. The van der Waals surface area contributed by atoms with Gasteiger partial charge in [-0.05, 0) is 23.1 Å². The lowest BCUT2D eigenvalue weighted by atomic mass is 9.83. The third-order valence-electron chi connectivity index (χ3n) is 1.99. The molecule has 14 heavy (non-hydrogen) atoms. The molecule has 1 N–H and O–H groups in total. The molecule has 1 aromatic carbocycles. The van der Waals surface area contributed by atoms with E-state index in [0.717, 1.165) is 0 Å². The van der Waals surface area contributed by atoms with Gasteiger partial charge in [0.25, 0.3) is 0 Å². The lowest BCUT2D eigenvalue weighted by molar-refractivity contribution is 0.0694. The van der Waals surface area contributed by atoms with Crippen molar-refractivity contribution >= 4 is 17.6 Å². The van der Waals surface area contributed by atoms with E-state index < -0.39 is 5.97 Å². The Bertz CT molecular complexity index is 364. The number of carboxylic acids is 1. The summed E-state index contributed by atoms with van der Waals surface area (Å²) in [7, 11) is 0. The van der Waals surface area contributed by atoms with Crippen molar-refractivity contribution in [3.8, 4) is 0 Å². The van der Waals surface area contributed by atoms with Crippen LogP contribution in [0.15, 0.2) is 18.2 Å². The highest BCUT2D eigenvalue weighted by atomic mass is 35.5. The molecular formula is C11H13ClO2. The van der Waals surface area contributed by atoms with Crippen LogP contribution in [0.25, 0.3) is 0 Å². The fourth-order valence-electron chi connectivity index (χ4n) is 1.46. The number of hydrogen-bond acceptors (Lipinski definition) is 1. The highest BCUT2D eigenvalue weighted by molar-refractivity contribution is 6.32.